The zero-order valence-corrected chi connectivity index (χ0v) is 18.8. The quantitative estimate of drug-likeness (QED) is 0.701. The van der Waals surface area contributed by atoms with E-state index in [0.717, 1.165) is 19.4 Å². The number of aryl methyl sites for hydroxylation is 1. The number of amides is 1. The molecule has 3 rings (SSSR count). The van der Waals surface area contributed by atoms with Crippen LogP contribution in [0, 0.1) is 12.8 Å². The van der Waals surface area contributed by atoms with E-state index in [1.807, 2.05) is 16.7 Å². The number of likely N-dealkylation sites (tertiary alicyclic amines) is 1. The molecule has 1 aromatic rings. The third-order valence-corrected chi connectivity index (χ3v) is 5.68. The van der Waals surface area contributed by atoms with Gasteiger partial charge in [-0.1, -0.05) is 6.92 Å². The van der Waals surface area contributed by atoms with Crippen molar-refractivity contribution in [3.8, 4) is 0 Å². The van der Waals surface area contributed by atoms with E-state index < -0.39 is 0 Å². The normalized spacial score (nSPS) is 21.9. The number of nitrogens with zero attached hydrogens (tertiary/aromatic N) is 3. The van der Waals surface area contributed by atoms with E-state index in [0.29, 0.717) is 68.8 Å². The minimum Gasteiger partial charge on any atom is -0.378 e. The SMILES string of the molecule is Cc1nc(N2CCOCC2)[nH]c(=O)c1CCC(=O)N1CCC(C)CC1CN.Cl.Cl. The Morgan fingerprint density at radius 2 is 1.97 bits per heavy atom. The highest BCUT2D eigenvalue weighted by Crippen LogP contribution is 2.23. The first-order chi connectivity index (χ1) is 13.0. The van der Waals surface area contributed by atoms with Gasteiger partial charge in [0.15, 0.2) is 0 Å². The van der Waals surface area contributed by atoms with Crippen molar-refractivity contribution in [2.45, 2.75) is 45.6 Å². The Morgan fingerprint density at radius 3 is 2.59 bits per heavy atom. The van der Waals surface area contributed by atoms with E-state index >= 15 is 0 Å². The van der Waals surface area contributed by atoms with Gasteiger partial charge in [0.05, 0.1) is 13.2 Å². The molecular weight excluding hydrogens is 417 g/mol. The molecule has 1 amide bonds. The summed E-state index contributed by atoms with van der Waals surface area (Å²) in [5, 5.41) is 0. The number of ether oxygens (including phenoxy) is 1. The number of nitrogens with two attached hydrogens (primary N) is 1. The van der Waals surface area contributed by atoms with Crippen molar-refractivity contribution in [3.05, 3.63) is 21.6 Å². The second-order valence-corrected chi connectivity index (χ2v) is 7.66. The molecule has 3 N–H and O–H groups in total. The van der Waals surface area contributed by atoms with Crippen molar-refractivity contribution in [2.75, 3.05) is 44.3 Å². The van der Waals surface area contributed by atoms with Gasteiger partial charge in [-0.05, 0) is 32.1 Å². The number of halogens is 2. The number of hydrogen-bond donors (Lipinski definition) is 2. The van der Waals surface area contributed by atoms with Crippen LogP contribution in [0.1, 0.15) is 37.4 Å². The molecule has 0 radical (unpaired) electrons. The van der Waals surface area contributed by atoms with Crippen LogP contribution in [-0.2, 0) is 16.0 Å². The van der Waals surface area contributed by atoms with Crippen LogP contribution in [0.5, 0.6) is 0 Å². The maximum atomic E-state index is 12.7. The molecule has 3 heterocycles. The zero-order chi connectivity index (χ0) is 19.4. The molecule has 0 aromatic carbocycles. The highest BCUT2D eigenvalue weighted by Gasteiger charge is 2.28. The summed E-state index contributed by atoms with van der Waals surface area (Å²) in [6.07, 6.45) is 2.68. The van der Waals surface area contributed by atoms with Crippen LogP contribution < -0.4 is 16.2 Å². The van der Waals surface area contributed by atoms with Gasteiger partial charge in [0.1, 0.15) is 0 Å². The van der Waals surface area contributed by atoms with Crippen LogP contribution in [-0.4, -0.2) is 66.2 Å². The average molecular weight is 450 g/mol. The lowest BCUT2D eigenvalue weighted by Gasteiger charge is -2.38. The molecule has 2 aliphatic rings. The minimum atomic E-state index is -0.153. The Kier molecular flexibility index (Phi) is 10.4. The molecule has 1 aromatic heterocycles. The number of carbonyl (C=O) groups excluding carboxylic acids is 1. The first-order valence-corrected chi connectivity index (χ1v) is 9.91. The smallest absolute Gasteiger partial charge is 0.255 e. The second-order valence-electron chi connectivity index (χ2n) is 7.66. The molecule has 2 fully saturated rings. The number of H-pyrrole nitrogens is 1. The van der Waals surface area contributed by atoms with E-state index in [4.69, 9.17) is 10.5 Å². The fourth-order valence-electron chi connectivity index (χ4n) is 3.99. The van der Waals surface area contributed by atoms with Gasteiger partial charge in [0.25, 0.3) is 5.56 Å². The van der Waals surface area contributed by atoms with Crippen LogP contribution >= 0.6 is 24.8 Å². The van der Waals surface area contributed by atoms with Crippen molar-refractivity contribution in [3.63, 3.8) is 0 Å². The number of carbonyl (C=O) groups is 1. The number of morpholine rings is 1. The summed E-state index contributed by atoms with van der Waals surface area (Å²) in [5.74, 6) is 1.27. The van der Waals surface area contributed by atoms with Crippen LogP contribution in [0.4, 0.5) is 5.95 Å². The molecule has 0 saturated carbocycles. The Balaban J connectivity index is 0.00000210. The third-order valence-electron chi connectivity index (χ3n) is 5.68. The summed E-state index contributed by atoms with van der Waals surface area (Å²) in [4.78, 5) is 36.6. The molecule has 2 aliphatic heterocycles. The van der Waals surface area contributed by atoms with Gasteiger partial charge in [0.2, 0.25) is 11.9 Å². The summed E-state index contributed by atoms with van der Waals surface area (Å²) < 4.78 is 5.34. The molecule has 2 unspecified atom stereocenters. The molecular formula is C19H33Cl2N5O3. The molecule has 2 atom stereocenters. The minimum absolute atomic E-state index is 0. The van der Waals surface area contributed by atoms with Gasteiger partial charge < -0.3 is 20.3 Å². The molecule has 10 heteroatoms. The number of aromatic amines is 1. The van der Waals surface area contributed by atoms with Crippen LogP contribution in [0.15, 0.2) is 4.79 Å². The first-order valence-electron chi connectivity index (χ1n) is 9.91. The lowest BCUT2D eigenvalue weighted by atomic mass is 9.92. The fourth-order valence-corrected chi connectivity index (χ4v) is 3.99. The Labute approximate surface area is 184 Å². The molecule has 2 saturated heterocycles. The Hall–Kier alpha value is -1.35. The molecule has 29 heavy (non-hydrogen) atoms. The van der Waals surface area contributed by atoms with E-state index in [9.17, 15) is 9.59 Å². The first kappa shape index (κ1) is 25.7. The van der Waals surface area contributed by atoms with E-state index in [1.54, 1.807) is 0 Å². The molecule has 166 valence electrons. The van der Waals surface area contributed by atoms with Gasteiger partial charge in [-0.15, -0.1) is 24.8 Å². The van der Waals surface area contributed by atoms with Crippen LogP contribution in [0.25, 0.3) is 0 Å². The number of aromatic nitrogens is 2. The fraction of sp³-hybridized carbons (Fsp3) is 0.737. The Bertz CT molecular complexity index is 724. The maximum Gasteiger partial charge on any atom is 0.255 e. The number of rotatable bonds is 5. The standard InChI is InChI=1S/C19H31N5O3.2ClH/c1-13-5-6-24(15(11-13)12-20)17(25)4-3-16-14(2)21-19(22-18(16)26)23-7-9-27-10-8-23;;/h13,15H,3-12,20H2,1-2H3,(H,21,22,26);2*1H. The monoisotopic (exact) mass is 449 g/mol. The molecule has 0 aliphatic carbocycles. The predicted molar refractivity (Wildman–Crippen MR) is 118 cm³/mol. The van der Waals surface area contributed by atoms with E-state index in [1.165, 1.54) is 0 Å². The van der Waals surface area contributed by atoms with Crippen molar-refractivity contribution in [2.24, 2.45) is 11.7 Å². The summed E-state index contributed by atoms with van der Waals surface area (Å²) in [5.41, 5.74) is 6.99. The largest absolute Gasteiger partial charge is 0.378 e. The lowest BCUT2D eigenvalue weighted by Crippen LogP contribution is -2.49. The average Bonchev–Trinajstić information content (AvgIpc) is 2.67. The summed E-state index contributed by atoms with van der Waals surface area (Å²) in [6, 6.07) is 0.113. The zero-order valence-electron chi connectivity index (χ0n) is 17.2. The predicted octanol–water partition coefficient (Wildman–Crippen LogP) is 1.28. The van der Waals surface area contributed by atoms with Gasteiger partial charge in [-0.2, -0.15) is 0 Å². The number of nitrogens with one attached hydrogen (secondary N) is 1. The van der Waals surface area contributed by atoms with E-state index in [2.05, 4.69) is 16.9 Å². The Morgan fingerprint density at radius 1 is 1.28 bits per heavy atom. The molecule has 8 nitrogen and oxygen atoms in total. The van der Waals surface area contributed by atoms with E-state index in [-0.39, 0.29) is 42.3 Å². The highest BCUT2D eigenvalue weighted by atomic mass is 35.5. The van der Waals surface area contributed by atoms with Crippen molar-refractivity contribution in [1.29, 1.82) is 0 Å². The lowest BCUT2D eigenvalue weighted by molar-refractivity contribution is -0.135. The van der Waals surface area contributed by atoms with Gasteiger partial charge in [-0.3, -0.25) is 14.6 Å². The summed E-state index contributed by atoms with van der Waals surface area (Å²) in [6.45, 7) is 7.99. The summed E-state index contributed by atoms with van der Waals surface area (Å²) in [7, 11) is 0. The number of anilines is 1. The van der Waals surface area contributed by atoms with Gasteiger partial charge in [0, 0.05) is 49.9 Å². The van der Waals surface area contributed by atoms with Gasteiger partial charge >= 0.3 is 0 Å². The molecule has 0 bridgehead atoms. The molecule has 0 spiro atoms. The van der Waals surface area contributed by atoms with Crippen molar-refractivity contribution < 1.29 is 9.53 Å². The van der Waals surface area contributed by atoms with Crippen molar-refractivity contribution in [1.82, 2.24) is 14.9 Å². The van der Waals surface area contributed by atoms with Crippen molar-refractivity contribution >= 4 is 36.7 Å². The van der Waals surface area contributed by atoms with Crippen LogP contribution in [0.2, 0.25) is 0 Å². The van der Waals surface area contributed by atoms with Crippen LogP contribution in [0.3, 0.4) is 0 Å². The number of piperidine rings is 1. The summed E-state index contributed by atoms with van der Waals surface area (Å²) >= 11 is 0. The highest BCUT2D eigenvalue weighted by molar-refractivity contribution is 5.85. The third kappa shape index (κ3) is 6.31. The van der Waals surface area contributed by atoms with Gasteiger partial charge in [-0.25, -0.2) is 4.98 Å². The number of hydrogen-bond acceptors (Lipinski definition) is 6. The second kappa shape index (κ2) is 11.7. The topological polar surface area (TPSA) is 105 Å². The maximum absolute atomic E-state index is 12.7.